The molecule has 1 amide bonds. The van der Waals surface area contributed by atoms with Gasteiger partial charge in [0.25, 0.3) is 0 Å². The minimum Gasteiger partial charge on any atom is -0.444 e. The second-order valence-electron chi connectivity index (χ2n) is 8.84. The van der Waals surface area contributed by atoms with Gasteiger partial charge in [-0.2, -0.15) is 0 Å². The number of amides is 1. The molecule has 8 heteroatoms. The van der Waals surface area contributed by atoms with Crippen LogP contribution in [-0.4, -0.2) is 56.6 Å². The lowest BCUT2D eigenvalue weighted by Crippen LogP contribution is -2.54. The quantitative estimate of drug-likeness (QED) is 0.787. The SMILES string of the molecule is CC(C)(C)OC(=O)N1[C@H]2CC[C@H]1CC(N1CC[C@H](O)c3cc(Cl)nnc31)C2. The standard InChI is InChI=1S/C19H27ClN4O3/c1-19(2,3)27-18(26)24-11-4-5-12(24)9-13(8-11)23-7-6-15(25)14-10-16(20)21-22-17(14)23/h10-13,15,25H,4-9H2,1-3H3/t11-,12-,15-/m0/s1. The number of piperidine rings is 1. The van der Waals surface area contributed by atoms with Crippen molar-refractivity contribution in [1.29, 1.82) is 0 Å². The van der Waals surface area contributed by atoms with Crippen LogP contribution in [0.15, 0.2) is 6.07 Å². The maximum atomic E-state index is 12.7. The van der Waals surface area contributed by atoms with Gasteiger partial charge in [0, 0.05) is 30.2 Å². The lowest BCUT2D eigenvalue weighted by atomic mass is 9.93. The number of rotatable bonds is 1. The van der Waals surface area contributed by atoms with Crippen LogP contribution < -0.4 is 4.90 Å². The lowest BCUT2D eigenvalue weighted by Gasteiger charge is -2.45. The summed E-state index contributed by atoms with van der Waals surface area (Å²) >= 11 is 5.98. The number of halogens is 1. The number of ether oxygens (including phenoxy) is 1. The topological polar surface area (TPSA) is 78.8 Å². The number of anilines is 1. The highest BCUT2D eigenvalue weighted by atomic mass is 35.5. The molecule has 3 aliphatic rings. The van der Waals surface area contributed by atoms with Crippen LogP contribution in [-0.2, 0) is 4.74 Å². The predicted octanol–water partition coefficient (Wildman–Crippen LogP) is 3.30. The fourth-order valence-corrected chi connectivity index (χ4v) is 4.89. The van der Waals surface area contributed by atoms with Crippen molar-refractivity contribution in [3.8, 4) is 0 Å². The highest BCUT2D eigenvalue weighted by Gasteiger charge is 2.47. The molecule has 4 rings (SSSR count). The van der Waals surface area contributed by atoms with Gasteiger partial charge in [-0.3, -0.25) is 0 Å². The Labute approximate surface area is 164 Å². The molecule has 0 aliphatic carbocycles. The smallest absolute Gasteiger partial charge is 0.410 e. The van der Waals surface area contributed by atoms with Crippen LogP contribution >= 0.6 is 11.6 Å². The summed E-state index contributed by atoms with van der Waals surface area (Å²) in [4.78, 5) is 16.9. The molecule has 1 aromatic rings. The lowest BCUT2D eigenvalue weighted by molar-refractivity contribution is 0.00563. The van der Waals surface area contributed by atoms with E-state index in [0.29, 0.717) is 11.6 Å². The van der Waals surface area contributed by atoms with E-state index >= 15 is 0 Å². The average Bonchev–Trinajstić information content (AvgIpc) is 2.85. The molecule has 7 nitrogen and oxygen atoms in total. The second-order valence-corrected chi connectivity index (χ2v) is 9.23. The van der Waals surface area contributed by atoms with Crippen LogP contribution in [0.3, 0.4) is 0 Å². The molecule has 2 saturated heterocycles. The normalized spacial score (nSPS) is 30.3. The molecule has 1 aromatic heterocycles. The molecule has 3 atom stereocenters. The van der Waals surface area contributed by atoms with Gasteiger partial charge in [0.05, 0.1) is 6.10 Å². The number of aromatic nitrogens is 2. The number of hydrogen-bond donors (Lipinski definition) is 1. The van der Waals surface area contributed by atoms with E-state index in [1.54, 1.807) is 6.07 Å². The summed E-state index contributed by atoms with van der Waals surface area (Å²) in [5, 5.41) is 18.9. The Bertz CT molecular complexity index is 724. The molecule has 0 radical (unpaired) electrons. The number of aliphatic hydroxyl groups excluding tert-OH is 1. The van der Waals surface area contributed by atoms with Crippen LogP contribution in [0.2, 0.25) is 5.15 Å². The molecular weight excluding hydrogens is 368 g/mol. The summed E-state index contributed by atoms with van der Waals surface area (Å²) in [7, 11) is 0. The molecule has 0 spiro atoms. The first-order chi connectivity index (χ1) is 12.7. The highest BCUT2D eigenvalue weighted by Crippen LogP contribution is 2.42. The van der Waals surface area contributed by atoms with Crippen molar-refractivity contribution in [3.63, 3.8) is 0 Å². The maximum Gasteiger partial charge on any atom is 0.410 e. The van der Waals surface area contributed by atoms with Crippen molar-refractivity contribution in [2.45, 2.75) is 82.7 Å². The van der Waals surface area contributed by atoms with E-state index in [0.717, 1.165) is 43.6 Å². The Morgan fingerprint density at radius 1 is 1.19 bits per heavy atom. The molecule has 0 saturated carbocycles. The molecule has 2 fully saturated rings. The first-order valence-electron chi connectivity index (χ1n) is 9.72. The summed E-state index contributed by atoms with van der Waals surface area (Å²) in [5.74, 6) is 0.730. The summed E-state index contributed by atoms with van der Waals surface area (Å²) < 4.78 is 5.63. The summed E-state index contributed by atoms with van der Waals surface area (Å²) in [6.45, 7) is 6.44. The number of fused-ring (bicyclic) bond motifs is 3. The first-order valence-corrected chi connectivity index (χ1v) is 10.1. The molecule has 2 bridgehead atoms. The van der Waals surface area contributed by atoms with E-state index in [9.17, 15) is 9.90 Å². The monoisotopic (exact) mass is 394 g/mol. The van der Waals surface area contributed by atoms with Crippen LogP contribution in [0.25, 0.3) is 0 Å². The van der Waals surface area contributed by atoms with E-state index in [-0.39, 0.29) is 24.2 Å². The fraction of sp³-hybridized carbons (Fsp3) is 0.737. The number of nitrogens with zero attached hydrogens (tertiary/aromatic N) is 4. The van der Waals surface area contributed by atoms with Crippen molar-refractivity contribution in [2.24, 2.45) is 0 Å². The van der Waals surface area contributed by atoms with Gasteiger partial charge in [-0.1, -0.05) is 11.6 Å². The highest BCUT2D eigenvalue weighted by molar-refractivity contribution is 6.29. The molecule has 4 heterocycles. The van der Waals surface area contributed by atoms with Gasteiger partial charge in [-0.05, 0) is 58.9 Å². The Kier molecular flexibility index (Phi) is 4.71. The van der Waals surface area contributed by atoms with E-state index in [1.165, 1.54) is 0 Å². The Morgan fingerprint density at radius 2 is 1.85 bits per heavy atom. The van der Waals surface area contributed by atoms with E-state index in [4.69, 9.17) is 16.3 Å². The molecule has 148 valence electrons. The number of carbonyl (C=O) groups excluding carboxylic acids is 1. The Balaban J connectivity index is 1.53. The van der Waals surface area contributed by atoms with Gasteiger partial charge in [-0.25, -0.2) is 4.79 Å². The summed E-state index contributed by atoms with van der Waals surface area (Å²) in [6.07, 6.45) is 3.69. The van der Waals surface area contributed by atoms with E-state index < -0.39 is 11.7 Å². The minimum absolute atomic E-state index is 0.194. The summed E-state index contributed by atoms with van der Waals surface area (Å²) in [6, 6.07) is 2.38. The molecule has 0 unspecified atom stereocenters. The van der Waals surface area contributed by atoms with Gasteiger partial charge in [0.2, 0.25) is 0 Å². The predicted molar refractivity (Wildman–Crippen MR) is 102 cm³/mol. The largest absolute Gasteiger partial charge is 0.444 e. The van der Waals surface area contributed by atoms with Crippen LogP contribution in [0.1, 0.15) is 64.5 Å². The fourth-order valence-electron chi connectivity index (χ4n) is 4.74. The molecule has 3 aliphatic heterocycles. The van der Waals surface area contributed by atoms with Crippen LogP contribution in [0.5, 0.6) is 0 Å². The second kappa shape index (κ2) is 6.78. The van der Waals surface area contributed by atoms with Crippen molar-refractivity contribution in [1.82, 2.24) is 15.1 Å². The van der Waals surface area contributed by atoms with E-state index in [2.05, 4.69) is 15.1 Å². The van der Waals surface area contributed by atoms with Gasteiger partial charge >= 0.3 is 6.09 Å². The number of aliphatic hydroxyl groups is 1. The van der Waals surface area contributed by atoms with Gasteiger partial charge in [-0.15, -0.1) is 10.2 Å². The minimum atomic E-state index is -0.553. The van der Waals surface area contributed by atoms with Crippen LogP contribution in [0, 0.1) is 0 Å². The van der Waals surface area contributed by atoms with Gasteiger partial charge in [0.15, 0.2) is 11.0 Å². The number of carbonyl (C=O) groups is 1. The zero-order valence-electron chi connectivity index (χ0n) is 16.1. The van der Waals surface area contributed by atoms with Crippen molar-refractivity contribution >= 4 is 23.5 Å². The molecule has 27 heavy (non-hydrogen) atoms. The Morgan fingerprint density at radius 3 is 2.48 bits per heavy atom. The van der Waals surface area contributed by atoms with Gasteiger partial charge in [0.1, 0.15) is 5.60 Å². The third kappa shape index (κ3) is 3.59. The molecular formula is C19H27ClN4O3. The van der Waals surface area contributed by atoms with Crippen LogP contribution in [0.4, 0.5) is 10.6 Å². The third-order valence-corrected chi connectivity index (χ3v) is 5.99. The molecule has 0 aromatic carbocycles. The zero-order chi connectivity index (χ0) is 19.3. The first kappa shape index (κ1) is 18.7. The average molecular weight is 395 g/mol. The number of hydrogen-bond acceptors (Lipinski definition) is 6. The van der Waals surface area contributed by atoms with Gasteiger partial charge < -0.3 is 19.6 Å². The summed E-state index contributed by atoms with van der Waals surface area (Å²) in [5.41, 5.74) is 0.271. The Hall–Kier alpha value is -1.60. The zero-order valence-corrected chi connectivity index (χ0v) is 16.8. The van der Waals surface area contributed by atoms with Crippen molar-refractivity contribution in [2.75, 3.05) is 11.4 Å². The van der Waals surface area contributed by atoms with Crippen molar-refractivity contribution < 1.29 is 14.6 Å². The molecule has 1 N–H and O–H groups in total. The maximum absolute atomic E-state index is 12.7. The van der Waals surface area contributed by atoms with Crippen molar-refractivity contribution in [3.05, 3.63) is 16.8 Å². The van der Waals surface area contributed by atoms with E-state index in [1.807, 2.05) is 25.7 Å². The third-order valence-electron chi connectivity index (χ3n) is 5.80.